The summed E-state index contributed by atoms with van der Waals surface area (Å²) in [4.78, 5) is 0. The Morgan fingerprint density at radius 1 is 1.06 bits per heavy atom. The number of rotatable bonds is 5. The molecule has 0 aliphatic heterocycles. The first-order valence-electron chi connectivity index (χ1n) is 13.4. The van der Waals surface area contributed by atoms with Gasteiger partial charge in [-0.3, -0.25) is 0 Å². The molecule has 182 valence electrons. The molecule has 0 aromatic rings. The van der Waals surface area contributed by atoms with Crippen molar-refractivity contribution in [3.8, 4) is 0 Å². The number of aliphatic hydroxyl groups excluding tert-OH is 2. The normalized spacial score (nSPS) is 44.7. The van der Waals surface area contributed by atoms with E-state index in [0.717, 1.165) is 44.1 Å². The molecule has 0 radical (unpaired) electrons. The van der Waals surface area contributed by atoms with E-state index < -0.39 is 0 Å². The van der Waals surface area contributed by atoms with Gasteiger partial charge in [0.05, 0.1) is 12.7 Å². The van der Waals surface area contributed by atoms with E-state index in [1.165, 1.54) is 25.7 Å². The van der Waals surface area contributed by atoms with Crippen molar-refractivity contribution in [2.45, 2.75) is 117 Å². The van der Waals surface area contributed by atoms with Crippen LogP contribution in [0.15, 0.2) is 22.8 Å². The van der Waals surface area contributed by atoms with Gasteiger partial charge >= 0.3 is 0 Å². The number of allylic oxidation sites excluding steroid dienone is 2. The smallest absolute Gasteiger partial charge is 0.0639 e. The molecule has 0 heterocycles. The van der Waals surface area contributed by atoms with Crippen molar-refractivity contribution in [3.63, 3.8) is 0 Å². The number of hydrogen-bond donors (Lipinski definition) is 3. The van der Waals surface area contributed by atoms with Gasteiger partial charge in [-0.15, -0.1) is 0 Å². The van der Waals surface area contributed by atoms with E-state index in [1.54, 1.807) is 11.1 Å². The highest BCUT2D eigenvalue weighted by atomic mass is 16.3. The van der Waals surface area contributed by atoms with E-state index in [1.807, 2.05) is 6.92 Å². The third-order valence-corrected chi connectivity index (χ3v) is 11.3. The highest BCUT2D eigenvalue weighted by molar-refractivity contribution is 5.40. The Hall–Kier alpha value is -0.640. The van der Waals surface area contributed by atoms with Gasteiger partial charge in [-0.2, -0.15) is 0 Å². The van der Waals surface area contributed by atoms with Gasteiger partial charge in [-0.1, -0.05) is 57.4 Å². The third-order valence-electron chi connectivity index (χ3n) is 11.3. The van der Waals surface area contributed by atoms with Crippen molar-refractivity contribution in [1.29, 1.82) is 0 Å². The Kier molecular flexibility index (Phi) is 6.30. The van der Waals surface area contributed by atoms with Gasteiger partial charge < -0.3 is 15.9 Å². The van der Waals surface area contributed by atoms with Crippen molar-refractivity contribution in [2.24, 2.45) is 39.7 Å². The maximum atomic E-state index is 10.8. The summed E-state index contributed by atoms with van der Waals surface area (Å²) in [6.45, 7) is 14.3. The molecular formula is C29H49NO2. The molecule has 4 aliphatic carbocycles. The highest BCUT2D eigenvalue weighted by Gasteiger charge is 2.63. The van der Waals surface area contributed by atoms with Crippen LogP contribution in [-0.2, 0) is 0 Å². The summed E-state index contributed by atoms with van der Waals surface area (Å²) in [5, 5.41) is 20.1. The zero-order chi connectivity index (χ0) is 23.5. The summed E-state index contributed by atoms with van der Waals surface area (Å²) in [5.74, 6) is 1.77. The van der Waals surface area contributed by atoms with Crippen LogP contribution in [0.1, 0.15) is 106 Å². The molecule has 0 amide bonds. The number of fused-ring (bicyclic) bond motifs is 4. The second kappa shape index (κ2) is 8.24. The van der Waals surface area contributed by atoms with E-state index in [9.17, 15) is 10.2 Å². The van der Waals surface area contributed by atoms with Crippen LogP contribution < -0.4 is 5.73 Å². The van der Waals surface area contributed by atoms with Crippen LogP contribution >= 0.6 is 0 Å². The number of hydrogen-bond acceptors (Lipinski definition) is 3. The fraction of sp³-hybridized carbons (Fsp3) is 0.862. The molecule has 32 heavy (non-hydrogen) atoms. The zero-order valence-corrected chi connectivity index (χ0v) is 21.6. The average molecular weight is 444 g/mol. The van der Waals surface area contributed by atoms with Crippen molar-refractivity contribution < 1.29 is 10.2 Å². The molecule has 3 nitrogen and oxygen atoms in total. The first-order chi connectivity index (χ1) is 14.9. The summed E-state index contributed by atoms with van der Waals surface area (Å²) < 4.78 is 0. The largest absolute Gasteiger partial charge is 0.393 e. The first-order valence-corrected chi connectivity index (χ1v) is 13.4. The summed E-state index contributed by atoms with van der Waals surface area (Å²) >= 11 is 0. The van der Waals surface area contributed by atoms with Gasteiger partial charge in [0, 0.05) is 11.0 Å². The van der Waals surface area contributed by atoms with Gasteiger partial charge in [0.15, 0.2) is 0 Å². The van der Waals surface area contributed by atoms with Gasteiger partial charge in [0.2, 0.25) is 0 Å². The maximum absolute atomic E-state index is 10.8. The molecule has 2 unspecified atom stereocenters. The van der Waals surface area contributed by atoms with Gasteiger partial charge in [0.1, 0.15) is 0 Å². The second-order valence-electron chi connectivity index (χ2n) is 13.1. The lowest BCUT2D eigenvalue weighted by molar-refractivity contribution is -0.0937. The molecule has 0 saturated heterocycles. The summed E-state index contributed by atoms with van der Waals surface area (Å²) in [6.07, 6.45) is 13.4. The van der Waals surface area contributed by atoms with Crippen LogP contribution in [0, 0.1) is 34.0 Å². The lowest BCUT2D eigenvalue weighted by Gasteiger charge is -2.62. The molecule has 2 saturated carbocycles. The number of aliphatic hydroxyl groups is 2. The highest BCUT2D eigenvalue weighted by Crippen LogP contribution is 2.68. The molecule has 0 aromatic carbocycles. The maximum Gasteiger partial charge on any atom is 0.0639 e. The average Bonchev–Trinajstić information content (AvgIpc) is 3.02. The van der Waals surface area contributed by atoms with Crippen LogP contribution in [0.5, 0.6) is 0 Å². The van der Waals surface area contributed by atoms with Gasteiger partial charge in [-0.05, 0) is 99.7 Å². The topological polar surface area (TPSA) is 66.5 Å². The summed E-state index contributed by atoms with van der Waals surface area (Å²) in [5.41, 5.74) is 12.3. The van der Waals surface area contributed by atoms with Crippen LogP contribution in [-0.4, -0.2) is 28.5 Å². The fourth-order valence-electron chi connectivity index (χ4n) is 9.14. The minimum Gasteiger partial charge on any atom is -0.393 e. The van der Waals surface area contributed by atoms with E-state index >= 15 is 0 Å². The SMILES string of the molecule is C/C(=C/CCC(C)[C@@H]1CC[C@]2(C)C3=C(CC[C@@]12N)[C@@]1(C)CC[C@H](O)C(C)(C)C1CC3)CO. The number of nitrogens with two attached hydrogens (primary N) is 1. The molecular weight excluding hydrogens is 394 g/mol. The predicted molar refractivity (Wildman–Crippen MR) is 133 cm³/mol. The zero-order valence-electron chi connectivity index (χ0n) is 21.6. The lowest BCUT2D eigenvalue weighted by Crippen LogP contribution is -2.61. The predicted octanol–water partition coefficient (Wildman–Crippen LogP) is 6.14. The monoisotopic (exact) mass is 443 g/mol. The van der Waals surface area contributed by atoms with E-state index in [-0.39, 0.29) is 34.5 Å². The molecule has 7 atom stereocenters. The standard InChI is InChI=1S/C29H49NO2/c1-19(18-31)8-7-9-20(2)21-12-16-28(6)23-10-11-24-26(3,4)25(32)14-15-27(24,5)22(23)13-17-29(21,28)30/h8,20-21,24-25,31-32H,7,9-18,30H2,1-6H3/b19-8-/t20?,21-,24?,25-,27+,28+,29+/m0/s1. The lowest BCUT2D eigenvalue weighted by atomic mass is 9.44. The molecule has 4 N–H and O–H groups in total. The third kappa shape index (κ3) is 3.40. The Morgan fingerprint density at radius 2 is 1.78 bits per heavy atom. The quantitative estimate of drug-likeness (QED) is 0.447. The Morgan fingerprint density at radius 3 is 2.47 bits per heavy atom. The van der Waals surface area contributed by atoms with Gasteiger partial charge in [0.25, 0.3) is 0 Å². The summed E-state index contributed by atoms with van der Waals surface area (Å²) in [7, 11) is 0. The second-order valence-corrected chi connectivity index (χ2v) is 13.1. The van der Waals surface area contributed by atoms with Crippen molar-refractivity contribution >= 4 is 0 Å². The molecule has 4 aliphatic rings. The molecule has 0 bridgehead atoms. The summed E-state index contributed by atoms with van der Waals surface area (Å²) in [6, 6.07) is 0. The molecule has 3 heteroatoms. The molecule has 2 fully saturated rings. The van der Waals surface area contributed by atoms with Crippen LogP contribution in [0.2, 0.25) is 0 Å². The first kappa shape index (κ1) is 24.5. The fourth-order valence-corrected chi connectivity index (χ4v) is 9.14. The van der Waals surface area contributed by atoms with E-state index in [2.05, 4.69) is 40.7 Å². The minimum absolute atomic E-state index is 0.00334. The van der Waals surface area contributed by atoms with Crippen LogP contribution in [0.4, 0.5) is 0 Å². The Bertz CT molecular complexity index is 797. The van der Waals surface area contributed by atoms with Crippen molar-refractivity contribution in [3.05, 3.63) is 22.8 Å². The van der Waals surface area contributed by atoms with E-state index in [4.69, 9.17) is 5.73 Å². The molecule has 0 aromatic heterocycles. The van der Waals surface area contributed by atoms with Crippen molar-refractivity contribution in [1.82, 2.24) is 0 Å². The molecule has 0 spiro atoms. The van der Waals surface area contributed by atoms with E-state index in [0.29, 0.717) is 17.8 Å². The Labute approximate surface area is 196 Å². The van der Waals surface area contributed by atoms with Crippen LogP contribution in [0.25, 0.3) is 0 Å². The Balaban J connectivity index is 1.62. The van der Waals surface area contributed by atoms with Crippen LogP contribution in [0.3, 0.4) is 0 Å². The minimum atomic E-state index is -0.171. The van der Waals surface area contributed by atoms with Crippen molar-refractivity contribution in [2.75, 3.05) is 6.61 Å². The van der Waals surface area contributed by atoms with Gasteiger partial charge in [-0.25, -0.2) is 0 Å². The molecule has 4 rings (SSSR count).